The number of nitrogens with one attached hydrogen (secondary N) is 2. The third-order valence-electron chi connectivity index (χ3n) is 3.85. The molecule has 0 fully saturated rings. The number of carbonyl (C=O) groups is 1. The molecule has 1 amide bonds. The zero-order valence-electron chi connectivity index (χ0n) is 14.8. The largest absolute Gasteiger partial charge is 0.496 e. The van der Waals surface area contributed by atoms with Gasteiger partial charge in [0.1, 0.15) is 5.75 Å². The van der Waals surface area contributed by atoms with E-state index in [4.69, 9.17) is 4.74 Å². The number of hydrogen-bond acceptors (Lipinski definition) is 4. The van der Waals surface area contributed by atoms with Crippen molar-refractivity contribution in [1.29, 1.82) is 0 Å². The fourth-order valence-electron chi connectivity index (χ4n) is 2.50. The van der Waals surface area contributed by atoms with Gasteiger partial charge in [0, 0.05) is 15.8 Å². The van der Waals surface area contributed by atoms with Gasteiger partial charge in [0.05, 0.1) is 17.6 Å². The normalized spacial score (nSPS) is 10.9. The summed E-state index contributed by atoms with van der Waals surface area (Å²) in [5, 5.41) is 2.70. The maximum Gasteiger partial charge on any atom is 0.261 e. The van der Waals surface area contributed by atoms with Crippen molar-refractivity contribution in [3.05, 3.63) is 82.8 Å². The molecule has 0 atom stereocenters. The minimum atomic E-state index is -3.80. The molecule has 0 aliphatic rings. The van der Waals surface area contributed by atoms with E-state index in [0.717, 1.165) is 4.47 Å². The van der Waals surface area contributed by atoms with Crippen molar-refractivity contribution in [2.45, 2.75) is 4.90 Å². The first-order valence-electron chi connectivity index (χ1n) is 8.22. The molecule has 2 N–H and O–H groups in total. The Morgan fingerprint density at radius 2 is 1.64 bits per heavy atom. The number of amides is 1. The van der Waals surface area contributed by atoms with E-state index >= 15 is 0 Å². The second kappa shape index (κ2) is 8.45. The standard InChI is InChI=1S/C20H17BrN2O4S/c1-27-19-8-3-2-7-18(19)20(24)22-16-5-4-6-17(13-16)28(25,26)23-15-11-9-14(21)10-12-15/h2-13,23H,1H3,(H,22,24). The second-order valence-electron chi connectivity index (χ2n) is 5.79. The maximum atomic E-state index is 12.6. The molecule has 0 aliphatic heterocycles. The highest BCUT2D eigenvalue weighted by atomic mass is 79.9. The molecular weight excluding hydrogens is 444 g/mol. The fraction of sp³-hybridized carbons (Fsp3) is 0.0500. The van der Waals surface area contributed by atoms with Crippen LogP contribution in [0.4, 0.5) is 11.4 Å². The van der Waals surface area contributed by atoms with Gasteiger partial charge in [-0.05, 0) is 54.6 Å². The molecule has 0 radical (unpaired) electrons. The number of benzene rings is 3. The van der Waals surface area contributed by atoms with Crippen LogP contribution in [0.3, 0.4) is 0 Å². The van der Waals surface area contributed by atoms with Crippen molar-refractivity contribution in [1.82, 2.24) is 0 Å². The minimum absolute atomic E-state index is 0.0354. The van der Waals surface area contributed by atoms with Gasteiger partial charge in [0.25, 0.3) is 15.9 Å². The van der Waals surface area contributed by atoms with Crippen molar-refractivity contribution in [3.63, 3.8) is 0 Å². The van der Waals surface area contributed by atoms with E-state index in [-0.39, 0.29) is 4.90 Å². The van der Waals surface area contributed by atoms with Crippen molar-refractivity contribution in [2.75, 3.05) is 17.1 Å². The smallest absolute Gasteiger partial charge is 0.261 e. The van der Waals surface area contributed by atoms with Crippen molar-refractivity contribution >= 4 is 43.2 Å². The van der Waals surface area contributed by atoms with E-state index in [0.29, 0.717) is 22.7 Å². The molecule has 144 valence electrons. The summed E-state index contributed by atoms with van der Waals surface area (Å²) in [6.45, 7) is 0. The quantitative estimate of drug-likeness (QED) is 0.566. The first kappa shape index (κ1) is 19.9. The van der Waals surface area contributed by atoms with E-state index in [2.05, 4.69) is 26.0 Å². The number of sulfonamides is 1. The van der Waals surface area contributed by atoms with Crippen molar-refractivity contribution in [2.24, 2.45) is 0 Å². The van der Waals surface area contributed by atoms with Gasteiger partial charge < -0.3 is 10.1 Å². The third-order valence-corrected chi connectivity index (χ3v) is 5.76. The van der Waals surface area contributed by atoms with Crippen LogP contribution in [0.5, 0.6) is 5.75 Å². The Hall–Kier alpha value is -2.84. The van der Waals surface area contributed by atoms with E-state index in [1.807, 2.05) is 0 Å². The highest BCUT2D eigenvalue weighted by molar-refractivity contribution is 9.10. The number of anilines is 2. The predicted octanol–water partition coefficient (Wildman–Crippen LogP) is 4.51. The third kappa shape index (κ3) is 4.71. The molecule has 0 heterocycles. The van der Waals surface area contributed by atoms with Crippen molar-refractivity contribution in [3.8, 4) is 5.75 Å². The number of methoxy groups -OCH3 is 1. The number of carbonyl (C=O) groups excluding carboxylic acids is 1. The van der Waals surface area contributed by atoms with Gasteiger partial charge in [-0.1, -0.05) is 34.1 Å². The fourth-order valence-corrected chi connectivity index (χ4v) is 3.87. The molecular formula is C20H17BrN2O4S. The topological polar surface area (TPSA) is 84.5 Å². The average Bonchev–Trinajstić information content (AvgIpc) is 2.69. The van der Waals surface area contributed by atoms with E-state index in [1.165, 1.54) is 19.2 Å². The monoisotopic (exact) mass is 460 g/mol. The van der Waals surface area contributed by atoms with Crippen LogP contribution in [-0.4, -0.2) is 21.4 Å². The van der Waals surface area contributed by atoms with Crippen LogP contribution in [0.15, 0.2) is 82.2 Å². The van der Waals surface area contributed by atoms with Crippen molar-refractivity contribution < 1.29 is 17.9 Å². The van der Waals surface area contributed by atoms with Gasteiger partial charge in [-0.2, -0.15) is 0 Å². The first-order valence-corrected chi connectivity index (χ1v) is 10.5. The lowest BCUT2D eigenvalue weighted by Crippen LogP contribution is -2.15. The molecule has 0 bridgehead atoms. The van der Waals surface area contributed by atoms with E-state index in [9.17, 15) is 13.2 Å². The highest BCUT2D eigenvalue weighted by Gasteiger charge is 2.16. The minimum Gasteiger partial charge on any atom is -0.496 e. The molecule has 0 saturated heterocycles. The number of para-hydroxylation sites is 1. The highest BCUT2D eigenvalue weighted by Crippen LogP contribution is 2.23. The number of ether oxygens (including phenoxy) is 1. The SMILES string of the molecule is COc1ccccc1C(=O)Nc1cccc(S(=O)(=O)Nc2ccc(Br)cc2)c1. The zero-order valence-corrected chi connectivity index (χ0v) is 17.2. The Labute approximate surface area is 171 Å². The van der Waals surface area contributed by atoms with Gasteiger partial charge in [0.15, 0.2) is 0 Å². The Kier molecular flexibility index (Phi) is 6.01. The van der Waals surface area contributed by atoms with Crippen LogP contribution >= 0.6 is 15.9 Å². The summed E-state index contributed by atoms with van der Waals surface area (Å²) in [6.07, 6.45) is 0. The lowest BCUT2D eigenvalue weighted by Gasteiger charge is -2.11. The molecule has 0 spiro atoms. The molecule has 3 aromatic carbocycles. The summed E-state index contributed by atoms with van der Waals surface area (Å²) in [4.78, 5) is 12.6. The van der Waals surface area contributed by atoms with Crippen LogP contribution in [0, 0.1) is 0 Å². The summed E-state index contributed by atoms with van der Waals surface area (Å²) < 4.78 is 33.8. The predicted molar refractivity (Wildman–Crippen MR) is 112 cm³/mol. The van der Waals surface area contributed by atoms with E-state index < -0.39 is 15.9 Å². The van der Waals surface area contributed by atoms with Crippen LogP contribution in [0.2, 0.25) is 0 Å². The number of hydrogen-bond donors (Lipinski definition) is 2. The summed E-state index contributed by atoms with van der Waals surface area (Å²) in [5.74, 6) is 0.0357. The first-order chi connectivity index (χ1) is 13.4. The summed E-state index contributed by atoms with van der Waals surface area (Å²) in [7, 11) is -2.32. The summed E-state index contributed by atoms with van der Waals surface area (Å²) in [5.41, 5.74) is 1.15. The zero-order chi connectivity index (χ0) is 20.1. The van der Waals surface area contributed by atoms with E-state index in [1.54, 1.807) is 60.7 Å². The molecule has 0 saturated carbocycles. The molecule has 28 heavy (non-hydrogen) atoms. The molecule has 0 aliphatic carbocycles. The number of halogens is 1. The Bertz CT molecular complexity index is 1100. The molecule has 6 nitrogen and oxygen atoms in total. The average molecular weight is 461 g/mol. The molecule has 0 unspecified atom stereocenters. The summed E-state index contributed by atoms with van der Waals surface area (Å²) in [6, 6.07) is 19.6. The van der Waals surface area contributed by atoms with Crippen LogP contribution < -0.4 is 14.8 Å². The Morgan fingerprint density at radius 3 is 2.36 bits per heavy atom. The van der Waals surface area contributed by atoms with Gasteiger partial charge in [-0.25, -0.2) is 8.42 Å². The van der Waals surface area contributed by atoms with Gasteiger partial charge in [0.2, 0.25) is 0 Å². The van der Waals surface area contributed by atoms with Crippen LogP contribution in [-0.2, 0) is 10.0 Å². The molecule has 0 aromatic heterocycles. The maximum absolute atomic E-state index is 12.6. The second-order valence-corrected chi connectivity index (χ2v) is 8.39. The molecule has 8 heteroatoms. The molecule has 3 aromatic rings. The lowest BCUT2D eigenvalue weighted by atomic mass is 10.2. The van der Waals surface area contributed by atoms with Gasteiger partial charge in [-0.3, -0.25) is 9.52 Å². The Morgan fingerprint density at radius 1 is 0.929 bits per heavy atom. The van der Waals surface area contributed by atoms with Gasteiger partial charge in [-0.15, -0.1) is 0 Å². The Balaban J connectivity index is 1.81. The number of rotatable bonds is 6. The van der Waals surface area contributed by atoms with Gasteiger partial charge >= 0.3 is 0 Å². The van der Waals surface area contributed by atoms with Crippen LogP contribution in [0.1, 0.15) is 10.4 Å². The lowest BCUT2D eigenvalue weighted by molar-refractivity contribution is 0.102. The molecule has 3 rings (SSSR count). The summed E-state index contributed by atoms with van der Waals surface area (Å²) >= 11 is 3.31. The van der Waals surface area contributed by atoms with Crippen LogP contribution in [0.25, 0.3) is 0 Å².